The van der Waals surface area contributed by atoms with E-state index in [9.17, 15) is 0 Å². The molecule has 0 saturated carbocycles. The SMILES string of the molecule is Clc1ccc(CN2CC3=C(Br)NOC3C2)cc1. The lowest BCUT2D eigenvalue weighted by Gasteiger charge is -2.15. The molecular formula is C12H12BrClN2O. The molecule has 5 heteroatoms. The van der Waals surface area contributed by atoms with Crippen LogP contribution < -0.4 is 5.48 Å². The van der Waals surface area contributed by atoms with Crippen LogP contribution >= 0.6 is 27.5 Å². The standard InChI is InChI=1S/C12H12BrClN2O/c13-12-10-6-16(7-11(10)17-15-12)5-8-1-3-9(14)4-2-8/h1-4,11,15H,5-7H2. The summed E-state index contributed by atoms with van der Waals surface area (Å²) in [5, 5.41) is 0.782. The second-order valence-corrected chi connectivity index (χ2v) is 5.57. The molecular weight excluding hydrogens is 304 g/mol. The largest absolute Gasteiger partial charge is 0.292 e. The molecule has 2 aliphatic rings. The third kappa shape index (κ3) is 2.36. The first-order valence-electron chi connectivity index (χ1n) is 5.49. The average Bonchev–Trinajstić information content (AvgIpc) is 2.85. The maximum absolute atomic E-state index is 5.87. The van der Waals surface area contributed by atoms with Crippen LogP contribution in [0.3, 0.4) is 0 Å². The van der Waals surface area contributed by atoms with Crippen molar-refractivity contribution in [2.45, 2.75) is 12.6 Å². The molecule has 1 aromatic carbocycles. The zero-order valence-electron chi connectivity index (χ0n) is 9.12. The Balaban J connectivity index is 1.68. The van der Waals surface area contributed by atoms with Gasteiger partial charge in [-0.3, -0.25) is 15.2 Å². The number of hydrogen-bond acceptors (Lipinski definition) is 3. The molecule has 2 heterocycles. The van der Waals surface area contributed by atoms with Gasteiger partial charge in [-0.25, -0.2) is 0 Å². The lowest BCUT2D eigenvalue weighted by molar-refractivity contribution is 0.0382. The molecule has 1 fully saturated rings. The summed E-state index contributed by atoms with van der Waals surface area (Å²) in [6.07, 6.45) is 0.191. The highest BCUT2D eigenvalue weighted by molar-refractivity contribution is 9.11. The highest BCUT2D eigenvalue weighted by Crippen LogP contribution is 2.29. The average molecular weight is 316 g/mol. The minimum absolute atomic E-state index is 0.191. The van der Waals surface area contributed by atoms with Gasteiger partial charge in [0, 0.05) is 30.2 Å². The number of nitrogens with one attached hydrogen (secondary N) is 1. The van der Waals surface area contributed by atoms with E-state index in [1.165, 1.54) is 11.1 Å². The monoisotopic (exact) mass is 314 g/mol. The van der Waals surface area contributed by atoms with Crippen molar-refractivity contribution < 1.29 is 4.84 Å². The van der Waals surface area contributed by atoms with Crippen LogP contribution in [-0.2, 0) is 11.4 Å². The molecule has 0 spiro atoms. The highest BCUT2D eigenvalue weighted by atomic mass is 79.9. The van der Waals surface area contributed by atoms with E-state index < -0.39 is 0 Å². The number of nitrogens with zero attached hydrogens (tertiary/aromatic N) is 1. The Morgan fingerprint density at radius 1 is 1.41 bits per heavy atom. The second-order valence-electron chi connectivity index (χ2n) is 4.34. The van der Waals surface area contributed by atoms with Gasteiger partial charge in [-0.1, -0.05) is 23.7 Å². The molecule has 1 N–H and O–H groups in total. The first-order valence-corrected chi connectivity index (χ1v) is 6.66. The van der Waals surface area contributed by atoms with Crippen LogP contribution in [0.2, 0.25) is 5.02 Å². The summed E-state index contributed by atoms with van der Waals surface area (Å²) in [4.78, 5) is 7.81. The van der Waals surface area contributed by atoms with Gasteiger partial charge in [0.1, 0.15) is 10.7 Å². The number of benzene rings is 1. The molecule has 17 heavy (non-hydrogen) atoms. The maximum Gasteiger partial charge on any atom is 0.123 e. The van der Waals surface area contributed by atoms with Crippen molar-refractivity contribution in [1.82, 2.24) is 10.4 Å². The fourth-order valence-electron chi connectivity index (χ4n) is 2.23. The Morgan fingerprint density at radius 3 is 2.88 bits per heavy atom. The first kappa shape index (κ1) is 11.5. The number of hydrogen-bond donors (Lipinski definition) is 1. The molecule has 0 radical (unpaired) electrons. The van der Waals surface area contributed by atoms with Gasteiger partial charge in [-0.2, -0.15) is 0 Å². The van der Waals surface area contributed by atoms with Gasteiger partial charge in [-0.15, -0.1) is 0 Å². The number of fused-ring (bicyclic) bond motifs is 1. The minimum Gasteiger partial charge on any atom is -0.292 e. The van der Waals surface area contributed by atoms with Gasteiger partial charge in [0.25, 0.3) is 0 Å². The van der Waals surface area contributed by atoms with E-state index in [0.717, 1.165) is 29.3 Å². The predicted octanol–water partition coefficient (Wildman–Crippen LogP) is 2.67. The van der Waals surface area contributed by atoms with Gasteiger partial charge >= 0.3 is 0 Å². The summed E-state index contributed by atoms with van der Waals surface area (Å²) in [5.74, 6) is 0. The van der Waals surface area contributed by atoms with E-state index in [4.69, 9.17) is 16.4 Å². The highest BCUT2D eigenvalue weighted by Gasteiger charge is 2.34. The summed E-state index contributed by atoms with van der Waals surface area (Å²) in [6, 6.07) is 8.00. The van der Waals surface area contributed by atoms with Crippen molar-refractivity contribution >= 4 is 27.5 Å². The number of halogens is 2. The van der Waals surface area contributed by atoms with Crippen molar-refractivity contribution in [1.29, 1.82) is 0 Å². The van der Waals surface area contributed by atoms with Gasteiger partial charge in [0.05, 0.1) is 0 Å². The zero-order chi connectivity index (χ0) is 11.8. The number of likely N-dealkylation sites (tertiary alicyclic amines) is 1. The first-order chi connectivity index (χ1) is 8.22. The maximum atomic E-state index is 5.87. The van der Waals surface area contributed by atoms with E-state index in [2.05, 4.69) is 38.4 Å². The molecule has 0 amide bonds. The Kier molecular flexibility index (Phi) is 3.13. The predicted molar refractivity (Wildman–Crippen MR) is 70.7 cm³/mol. The van der Waals surface area contributed by atoms with E-state index in [-0.39, 0.29) is 6.10 Å². The number of rotatable bonds is 2. The van der Waals surface area contributed by atoms with Gasteiger partial charge in [0.15, 0.2) is 0 Å². The molecule has 0 aliphatic carbocycles. The molecule has 3 nitrogen and oxygen atoms in total. The van der Waals surface area contributed by atoms with Crippen LogP contribution in [-0.4, -0.2) is 24.1 Å². The van der Waals surface area contributed by atoms with Crippen molar-refractivity contribution in [3.63, 3.8) is 0 Å². The van der Waals surface area contributed by atoms with Crippen LogP contribution in [0.25, 0.3) is 0 Å². The molecule has 0 bridgehead atoms. The van der Waals surface area contributed by atoms with Crippen molar-refractivity contribution in [3.05, 3.63) is 45.0 Å². The van der Waals surface area contributed by atoms with Crippen LogP contribution in [0, 0.1) is 0 Å². The van der Waals surface area contributed by atoms with E-state index in [1.54, 1.807) is 0 Å². The minimum atomic E-state index is 0.191. The van der Waals surface area contributed by atoms with E-state index in [1.807, 2.05) is 12.1 Å². The van der Waals surface area contributed by atoms with Gasteiger partial charge < -0.3 is 0 Å². The summed E-state index contributed by atoms with van der Waals surface area (Å²) in [5.41, 5.74) is 5.45. The van der Waals surface area contributed by atoms with E-state index >= 15 is 0 Å². The molecule has 1 saturated heterocycles. The summed E-state index contributed by atoms with van der Waals surface area (Å²) in [6.45, 7) is 2.81. The Bertz CT molecular complexity index is 460. The summed E-state index contributed by atoms with van der Waals surface area (Å²) in [7, 11) is 0. The fraction of sp³-hybridized carbons (Fsp3) is 0.333. The van der Waals surface area contributed by atoms with Crippen molar-refractivity contribution in [3.8, 4) is 0 Å². The quantitative estimate of drug-likeness (QED) is 0.849. The van der Waals surface area contributed by atoms with Crippen molar-refractivity contribution in [2.24, 2.45) is 0 Å². The molecule has 1 atom stereocenters. The van der Waals surface area contributed by atoms with Crippen LogP contribution in [0.5, 0.6) is 0 Å². The second kappa shape index (κ2) is 4.61. The smallest absolute Gasteiger partial charge is 0.123 e. The molecule has 1 aromatic rings. The zero-order valence-corrected chi connectivity index (χ0v) is 11.5. The van der Waals surface area contributed by atoms with Crippen LogP contribution in [0.1, 0.15) is 5.56 Å². The molecule has 1 unspecified atom stereocenters. The van der Waals surface area contributed by atoms with Crippen LogP contribution in [0.15, 0.2) is 34.4 Å². The normalized spacial score (nSPS) is 24.0. The third-order valence-electron chi connectivity index (χ3n) is 3.10. The molecule has 3 rings (SSSR count). The topological polar surface area (TPSA) is 24.5 Å². The molecule has 90 valence electrons. The lowest BCUT2D eigenvalue weighted by Crippen LogP contribution is -2.24. The van der Waals surface area contributed by atoms with Crippen LogP contribution in [0.4, 0.5) is 0 Å². The van der Waals surface area contributed by atoms with Gasteiger partial charge in [0.2, 0.25) is 0 Å². The lowest BCUT2D eigenvalue weighted by atomic mass is 10.2. The Hall–Kier alpha value is -0.550. The molecule has 0 aromatic heterocycles. The third-order valence-corrected chi connectivity index (χ3v) is 4.02. The van der Waals surface area contributed by atoms with Gasteiger partial charge in [-0.05, 0) is 33.6 Å². The Morgan fingerprint density at radius 2 is 2.18 bits per heavy atom. The summed E-state index contributed by atoms with van der Waals surface area (Å²) >= 11 is 9.34. The number of hydroxylamine groups is 1. The Labute approximate surface area is 113 Å². The summed E-state index contributed by atoms with van der Waals surface area (Å²) < 4.78 is 0.987. The van der Waals surface area contributed by atoms with Crippen molar-refractivity contribution in [2.75, 3.05) is 13.1 Å². The van der Waals surface area contributed by atoms with E-state index in [0.29, 0.717) is 0 Å². The fourth-order valence-corrected chi connectivity index (χ4v) is 2.83. The molecule has 2 aliphatic heterocycles.